The van der Waals surface area contributed by atoms with Gasteiger partial charge in [-0.05, 0) is 6.42 Å². The normalized spacial score (nSPS) is 13.4. The Morgan fingerprint density at radius 1 is 0.743 bits per heavy atom. The van der Waals surface area contributed by atoms with Crippen LogP contribution in [0.1, 0.15) is 116 Å². The average Bonchev–Trinajstić information content (AvgIpc) is 2.81. The van der Waals surface area contributed by atoms with Crippen molar-refractivity contribution in [2.24, 2.45) is 0 Å². The van der Waals surface area contributed by atoms with Gasteiger partial charge >= 0.3 is 11.9 Å². The van der Waals surface area contributed by atoms with Crippen LogP contribution in [0.25, 0.3) is 0 Å². The smallest absolute Gasteiger partial charge is 0.327 e. The van der Waals surface area contributed by atoms with Gasteiger partial charge in [-0.15, -0.1) is 0 Å². The molecule has 35 heavy (non-hydrogen) atoms. The van der Waals surface area contributed by atoms with E-state index in [9.17, 15) is 22.6 Å². The van der Waals surface area contributed by atoms with Crippen molar-refractivity contribution < 1.29 is 42.2 Å². The lowest BCUT2D eigenvalue weighted by atomic mass is 10.0. The van der Waals surface area contributed by atoms with Crippen molar-refractivity contribution in [3.8, 4) is 0 Å². The topological polar surface area (TPSA) is 147 Å². The van der Waals surface area contributed by atoms with E-state index < -0.39 is 53.0 Å². The Morgan fingerprint density at radius 3 is 1.57 bits per heavy atom. The minimum absolute atomic E-state index is 0.00156. The zero-order chi connectivity index (χ0) is 26.4. The molecule has 0 aliphatic carbocycles. The number of aliphatic hydroxyl groups excluding tert-OH is 2. The average molecular weight is 525 g/mol. The zero-order valence-electron chi connectivity index (χ0n) is 21.5. The highest BCUT2D eigenvalue weighted by Gasteiger charge is 2.35. The lowest BCUT2D eigenvalue weighted by Gasteiger charge is -2.14. The molecule has 2 atom stereocenters. The first-order valence-corrected chi connectivity index (χ1v) is 14.8. The number of unbranched alkanes of at least 4 members (excludes halogenated alkanes) is 15. The van der Waals surface area contributed by atoms with Gasteiger partial charge in [-0.2, -0.15) is 8.42 Å². The largest absolute Gasteiger partial charge is 0.465 e. The number of carbonyl (C=O) groups is 2. The molecule has 0 bridgehead atoms. The molecule has 3 N–H and O–H groups in total. The highest BCUT2D eigenvalue weighted by Crippen LogP contribution is 2.14. The number of aliphatic hydroxyl groups is 2. The van der Waals surface area contributed by atoms with Crippen LogP contribution >= 0.6 is 0 Å². The lowest BCUT2D eigenvalue weighted by molar-refractivity contribution is -0.152. The second kappa shape index (κ2) is 22.0. The maximum absolute atomic E-state index is 12.0. The van der Waals surface area contributed by atoms with Gasteiger partial charge < -0.3 is 19.7 Å². The predicted molar refractivity (Wildman–Crippen MR) is 135 cm³/mol. The molecule has 0 aliphatic heterocycles. The van der Waals surface area contributed by atoms with Gasteiger partial charge in [0.2, 0.25) is 0 Å². The number of carbonyl (C=O) groups excluding carboxylic acids is 2. The fraction of sp³-hybridized carbons (Fsp3) is 0.920. The van der Waals surface area contributed by atoms with E-state index in [1.165, 1.54) is 77.0 Å². The summed E-state index contributed by atoms with van der Waals surface area (Å²) in [6, 6.07) is 0. The highest BCUT2D eigenvalue weighted by molar-refractivity contribution is 7.87. The van der Waals surface area contributed by atoms with Crippen LogP contribution in [0, 0.1) is 0 Å². The van der Waals surface area contributed by atoms with Crippen LogP contribution in [0.2, 0.25) is 0 Å². The van der Waals surface area contributed by atoms with Gasteiger partial charge in [0.15, 0.2) is 5.25 Å². The van der Waals surface area contributed by atoms with E-state index in [-0.39, 0.29) is 6.61 Å². The first-order valence-electron chi connectivity index (χ1n) is 13.3. The Labute approximate surface area is 211 Å². The van der Waals surface area contributed by atoms with E-state index in [1.807, 2.05) is 0 Å². The molecule has 9 nitrogen and oxygen atoms in total. The number of hydrogen-bond donors (Lipinski definition) is 3. The molecule has 0 aliphatic rings. The Hall–Kier alpha value is -1.23. The molecule has 0 fully saturated rings. The van der Waals surface area contributed by atoms with Crippen molar-refractivity contribution in [2.45, 2.75) is 127 Å². The number of rotatable bonds is 24. The molecule has 2 unspecified atom stereocenters. The third-order valence-electron chi connectivity index (χ3n) is 5.86. The van der Waals surface area contributed by atoms with Gasteiger partial charge in [0.25, 0.3) is 10.1 Å². The van der Waals surface area contributed by atoms with Crippen molar-refractivity contribution in [1.29, 1.82) is 0 Å². The minimum Gasteiger partial charge on any atom is -0.465 e. The fourth-order valence-corrected chi connectivity index (χ4v) is 4.34. The van der Waals surface area contributed by atoms with E-state index in [1.54, 1.807) is 0 Å². The molecular weight excluding hydrogens is 476 g/mol. The van der Waals surface area contributed by atoms with Crippen LogP contribution < -0.4 is 0 Å². The monoisotopic (exact) mass is 524 g/mol. The van der Waals surface area contributed by atoms with Crippen molar-refractivity contribution in [3.05, 3.63) is 0 Å². The number of ether oxygens (including phenoxy) is 2. The van der Waals surface area contributed by atoms with Crippen molar-refractivity contribution in [1.82, 2.24) is 0 Å². The van der Waals surface area contributed by atoms with Crippen LogP contribution in [0.4, 0.5) is 0 Å². The quantitative estimate of drug-likeness (QED) is 0.0953. The lowest BCUT2D eigenvalue weighted by Crippen LogP contribution is -2.35. The molecule has 0 rings (SSSR count). The SMILES string of the molecule is CCCCCCCCCCCCCCCCCCOC(=O)C(CC(=O)OCC(O)CO)S(=O)(=O)O. The standard InChI is InChI=1S/C25H48O9S/c1-2-3-4-5-6-7-8-9-10-11-12-13-14-15-16-17-18-33-25(29)23(35(30,31)32)19-24(28)34-21-22(27)20-26/h22-23,26-27H,2-21H2,1H3,(H,30,31,32). The van der Waals surface area contributed by atoms with Crippen molar-refractivity contribution in [2.75, 3.05) is 19.8 Å². The second-order valence-corrected chi connectivity index (χ2v) is 10.8. The van der Waals surface area contributed by atoms with Gasteiger partial charge in [-0.1, -0.05) is 103 Å². The summed E-state index contributed by atoms with van der Waals surface area (Å²) in [6.45, 7) is 1.05. The maximum Gasteiger partial charge on any atom is 0.327 e. The van der Waals surface area contributed by atoms with Crippen LogP contribution in [0.15, 0.2) is 0 Å². The molecule has 0 aromatic rings. The van der Waals surface area contributed by atoms with E-state index >= 15 is 0 Å². The third kappa shape index (κ3) is 20.6. The van der Waals surface area contributed by atoms with Crippen molar-refractivity contribution >= 4 is 22.1 Å². The Morgan fingerprint density at radius 2 is 1.17 bits per heavy atom. The maximum atomic E-state index is 12.0. The molecule has 0 saturated heterocycles. The van der Waals surface area contributed by atoms with E-state index in [4.69, 9.17) is 14.9 Å². The van der Waals surface area contributed by atoms with E-state index in [2.05, 4.69) is 11.7 Å². The van der Waals surface area contributed by atoms with Gasteiger partial charge in [0.1, 0.15) is 12.7 Å². The minimum atomic E-state index is -4.86. The van der Waals surface area contributed by atoms with Gasteiger partial charge in [0, 0.05) is 0 Å². The summed E-state index contributed by atoms with van der Waals surface area (Å²) in [4.78, 5) is 23.7. The predicted octanol–water partition coefficient (Wildman–Crippen LogP) is 4.33. The van der Waals surface area contributed by atoms with Crippen LogP contribution in [0.3, 0.4) is 0 Å². The Kier molecular flexibility index (Phi) is 21.2. The van der Waals surface area contributed by atoms with Gasteiger partial charge in [-0.3, -0.25) is 14.1 Å². The summed E-state index contributed by atoms with van der Waals surface area (Å²) in [5.74, 6) is -2.33. The molecule has 0 heterocycles. The molecule has 0 saturated carbocycles. The van der Waals surface area contributed by atoms with E-state index in [0.29, 0.717) is 6.42 Å². The summed E-state index contributed by atoms with van der Waals surface area (Å²) < 4.78 is 41.6. The van der Waals surface area contributed by atoms with Crippen LogP contribution in [0.5, 0.6) is 0 Å². The fourth-order valence-electron chi connectivity index (χ4n) is 3.68. The van der Waals surface area contributed by atoms with Crippen LogP contribution in [-0.4, -0.2) is 66.3 Å². The summed E-state index contributed by atoms with van der Waals surface area (Å²) >= 11 is 0. The second-order valence-electron chi connectivity index (χ2n) is 9.20. The summed E-state index contributed by atoms with van der Waals surface area (Å²) in [7, 11) is -4.86. The molecule has 0 amide bonds. The molecule has 0 aromatic heterocycles. The Balaban J connectivity index is 3.77. The number of hydrogen-bond acceptors (Lipinski definition) is 8. The third-order valence-corrected chi connectivity index (χ3v) is 6.94. The van der Waals surface area contributed by atoms with E-state index in [0.717, 1.165) is 19.3 Å². The highest BCUT2D eigenvalue weighted by atomic mass is 32.2. The molecule has 10 heteroatoms. The van der Waals surface area contributed by atoms with Crippen molar-refractivity contribution in [3.63, 3.8) is 0 Å². The summed E-state index contributed by atoms with van der Waals surface area (Å²) in [6.07, 6.45) is 17.0. The summed E-state index contributed by atoms with van der Waals surface area (Å²) in [5, 5.41) is 15.7. The zero-order valence-corrected chi connectivity index (χ0v) is 22.3. The molecule has 0 aromatic carbocycles. The summed E-state index contributed by atoms with van der Waals surface area (Å²) in [5.41, 5.74) is 0. The molecule has 0 spiro atoms. The first-order chi connectivity index (χ1) is 16.7. The van der Waals surface area contributed by atoms with Gasteiger partial charge in [-0.25, -0.2) is 0 Å². The first kappa shape index (κ1) is 33.8. The molecule has 208 valence electrons. The molecule has 0 radical (unpaired) electrons. The van der Waals surface area contributed by atoms with Gasteiger partial charge in [0.05, 0.1) is 19.6 Å². The van der Waals surface area contributed by atoms with Crippen LogP contribution in [-0.2, 0) is 29.2 Å². The molecular formula is C25H48O9S. The Bertz CT molecular complexity index is 637. The number of esters is 2.